The second kappa shape index (κ2) is 4.30. The highest BCUT2D eigenvalue weighted by Gasteiger charge is 2.60. The third-order valence-corrected chi connectivity index (χ3v) is 6.34. The second-order valence-electron chi connectivity index (χ2n) is 7.08. The molecule has 2 aliphatic rings. The van der Waals surface area contributed by atoms with Crippen molar-refractivity contribution >= 4 is 0 Å². The highest BCUT2D eigenvalue weighted by Crippen LogP contribution is 2.65. The van der Waals surface area contributed by atoms with Crippen molar-refractivity contribution in [1.82, 2.24) is 20.1 Å². The van der Waals surface area contributed by atoms with E-state index in [2.05, 4.69) is 47.8 Å². The summed E-state index contributed by atoms with van der Waals surface area (Å²) in [5.74, 6) is 1.95. The van der Waals surface area contributed by atoms with Gasteiger partial charge in [-0.2, -0.15) is 0 Å². The maximum Gasteiger partial charge on any atom is 0.146 e. The number of nitrogens with one attached hydrogen (secondary N) is 1. The fourth-order valence-electron chi connectivity index (χ4n) is 4.41. The van der Waals surface area contributed by atoms with E-state index in [1.165, 1.54) is 19.3 Å². The molecule has 106 valence electrons. The molecule has 0 aromatic carbocycles. The minimum atomic E-state index is 0.439. The first-order valence-electron chi connectivity index (χ1n) is 7.59. The van der Waals surface area contributed by atoms with Crippen LogP contribution in [0.1, 0.15) is 52.8 Å². The summed E-state index contributed by atoms with van der Waals surface area (Å²) in [5.41, 5.74) is 0.915. The molecule has 0 aliphatic heterocycles. The maximum absolute atomic E-state index is 4.22. The number of aromatic nitrogens is 3. The first kappa shape index (κ1) is 13.1. The minimum Gasteiger partial charge on any atom is -0.317 e. The topological polar surface area (TPSA) is 42.7 Å². The molecule has 0 spiro atoms. The second-order valence-corrected chi connectivity index (χ2v) is 7.08. The van der Waals surface area contributed by atoms with Gasteiger partial charge in [0.05, 0.1) is 6.54 Å². The van der Waals surface area contributed by atoms with E-state index in [0.717, 1.165) is 24.8 Å². The van der Waals surface area contributed by atoms with Gasteiger partial charge in [0.15, 0.2) is 0 Å². The lowest BCUT2D eigenvalue weighted by molar-refractivity contribution is 0.120. The number of hydrogen-bond donors (Lipinski definition) is 1. The van der Waals surface area contributed by atoms with E-state index in [9.17, 15) is 0 Å². The van der Waals surface area contributed by atoms with Crippen LogP contribution in [0, 0.1) is 16.7 Å². The van der Waals surface area contributed by atoms with Gasteiger partial charge in [-0.3, -0.25) is 0 Å². The third-order valence-electron chi connectivity index (χ3n) is 6.34. The lowest BCUT2D eigenvalue weighted by Crippen LogP contribution is -2.44. The van der Waals surface area contributed by atoms with Crippen LogP contribution in [0.15, 0.2) is 6.33 Å². The molecule has 1 aromatic rings. The maximum atomic E-state index is 4.22. The Labute approximate surface area is 116 Å². The van der Waals surface area contributed by atoms with E-state index in [-0.39, 0.29) is 0 Å². The van der Waals surface area contributed by atoms with Gasteiger partial charge >= 0.3 is 0 Å². The molecular weight excluding hydrogens is 236 g/mol. The minimum absolute atomic E-state index is 0.439. The van der Waals surface area contributed by atoms with Gasteiger partial charge in [0.1, 0.15) is 12.2 Å². The van der Waals surface area contributed by atoms with Crippen LogP contribution in [0.4, 0.5) is 0 Å². The molecule has 4 nitrogen and oxygen atoms in total. The molecule has 0 radical (unpaired) electrons. The average molecular weight is 262 g/mol. The molecule has 2 aliphatic carbocycles. The number of rotatable bonds is 4. The van der Waals surface area contributed by atoms with Crippen LogP contribution in [0.2, 0.25) is 0 Å². The van der Waals surface area contributed by atoms with Crippen LogP contribution in [-0.4, -0.2) is 20.8 Å². The van der Waals surface area contributed by atoms with Crippen LogP contribution in [0.3, 0.4) is 0 Å². The van der Waals surface area contributed by atoms with Crippen LogP contribution >= 0.6 is 0 Å². The molecule has 1 aromatic heterocycles. The summed E-state index contributed by atoms with van der Waals surface area (Å²) in [6.07, 6.45) is 5.92. The van der Waals surface area contributed by atoms with Gasteiger partial charge in [-0.15, -0.1) is 10.2 Å². The van der Waals surface area contributed by atoms with E-state index >= 15 is 0 Å². The SMILES string of the molecule is CCn1cnnc1CNC1CC2CCC1(C)C2(C)C. The van der Waals surface area contributed by atoms with Gasteiger partial charge in [-0.1, -0.05) is 20.8 Å². The van der Waals surface area contributed by atoms with E-state index < -0.39 is 0 Å². The highest BCUT2D eigenvalue weighted by atomic mass is 15.3. The molecule has 3 unspecified atom stereocenters. The fraction of sp³-hybridized carbons (Fsp3) is 0.867. The number of aryl methyl sites for hydroxylation is 1. The summed E-state index contributed by atoms with van der Waals surface area (Å²) in [6, 6.07) is 0.628. The largest absolute Gasteiger partial charge is 0.317 e. The molecule has 2 fully saturated rings. The molecular formula is C15H26N4. The van der Waals surface area contributed by atoms with Crippen molar-refractivity contribution in [1.29, 1.82) is 0 Å². The van der Waals surface area contributed by atoms with E-state index in [0.29, 0.717) is 16.9 Å². The standard InChI is InChI=1S/C15H26N4/c1-5-19-10-17-18-13(19)9-16-12-8-11-6-7-15(12,4)14(11,2)3/h10-12,16H,5-9H2,1-4H3. The molecule has 0 amide bonds. The Hall–Kier alpha value is -0.900. The van der Waals surface area contributed by atoms with Crippen LogP contribution in [0.5, 0.6) is 0 Å². The molecule has 1 heterocycles. The zero-order valence-corrected chi connectivity index (χ0v) is 12.6. The molecule has 2 saturated carbocycles. The zero-order chi connectivity index (χ0) is 13.7. The molecule has 2 bridgehead atoms. The van der Waals surface area contributed by atoms with Gasteiger partial charge in [-0.25, -0.2) is 0 Å². The van der Waals surface area contributed by atoms with Gasteiger partial charge in [-0.05, 0) is 42.9 Å². The Morgan fingerprint density at radius 1 is 1.42 bits per heavy atom. The first-order chi connectivity index (χ1) is 8.99. The lowest BCUT2D eigenvalue weighted by Gasteiger charge is -2.39. The smallest absolute Gasteiger partial charge is 0.146 e. The van der Waals surface area contributed by atoms with E-state index in [1.54, 1.807) is 0 Å². The number of hydrogen-bond acceptors (Lipinski definition) is 3. The van der Waals surface area contributed by atoms with Gasteiger partial charge < -0.3 is 9.88 Å². The predicted molar refractivity (Wildman–Crippen MR) is 75.6 cm³/mol. The molecule has 1 N–H and O–H groups in total. The zero-order valence-electron chi connectivity index (χ0n) is 12.6. The van der Waals surface area contributed by atoms with Crippen molar-refractivity contribution in [3.8, 4) is 0 Å². The Morgan fingerprint density at radius 2 is 2.21 bits per heavy atom. The summed E-state index contributed by atoms with van der Waals surface area (Å²) >= 11 is 0. The molecule has 3 atom stereocenters. The quantitative estimate of drug-likeness (QED) is 0.907. The number of fused-ring (bicyclic) bond motifs is 2. The van der Waals surface area contributed by atoms with E-state index in [4.69, 9.17) is 0 Å². The van der Waals surface area contributed by atoms with Crippen molar-refractivity contribution < 1.29 is 0 Å². The average Bonchev–Trinajstić information content (AvgIpc) is 2.97. The highest BCUT2D eigenvalue weighted by molar-refractivity contribution is 5.13. The Balaban J connectivity index is 1.69. The summed E-state index contributed by atoms with van der Waals surface area (Å²) in [4.78, 5) is 0. The van der Waals surface area contributed by atoms with Crippen LogP contribution in [0.25, 0.3) is 0 Å². The van der Waals surface area contributed by atoms with Gasteiger partial charge in [0.25, 0.3) is 0 Å². The summed E-state index contributed by atoms with van der Waals surface area (Å²) in [7, 11) is 0. The predicted octanol–water partition coefficient (Wildman–Crippen LogP) is 2.60. The molecule has 3 rings (SSSR count). The summed E-state index contributed by atoms with van der Waals surface area (Å²) < 4.78 is 2.12. The van der Waals surface area contributed by atoms with Crippen LogP contribution in [-0.2, 0) is 13.1 Å². The summed E-state index contributed by atoms with van der Waals surface area (Å²) in [6.45, 7) is 11.3. The molecule has 4 heteroatoms. The number of nitrogens with zero attached hydrogens (tertiary/aromatic N) is 3. The Bertz CT molecular complexity index is 464. The first-order valence-corrected chi connectivity index (χ1v) is 7.59. The lowest BCUT2D eigenvalue weighted by atomic mass is 9.69. The normalized spacial score (nSPS) is 36.0. The van der Waals surface area contributed by atoms with Crippen molar-refractivity contribution in [3.63, 3.8) is 0 Å². The third kappa shape index (κ3) is 1.76. The van der Waals surface area contributed by atoms with Crippen molar-refractivity contribution in [2.75, 3.05) is 0 Å². The monoisotopic (exact) mass is 262 g/mol. The fourth-order valence-corrected chi connectivity index (χ4v) is 4.41. The molecule has 0 saturated heterocycles. The van der Waals surface area contributed by atoms with Gasteiger partial charge in [0, 0.05) is 12.6 Å². The Kier molecular flexibility index (Phi) is 2.97. The van der Waals surface area contributed by atoms with Crippen molar-refractivity contribution in [2.24, 2.45) is 16.7 Å². The van der Waals surface area contributed by atoms with Crippen LogP contribution < -0.4 is 5.32 Å². The van der Waals surface area contributed by atoms with Crippen molar-refractivity contribution in [2.45, 2.75) is 66.1 Å². The van der Waals surface area contributed by atoms with E-state index in [1.807, 2.05) is 6.33 Å². The summed E-state index contributed by atoms with van der Waals surface area (Å²) in [5, 5.41) is 12.0. The van der Waals surface area contributed by atoms with Crippen molar-refractivity contribution in [3.05, 3.63) is 12.2 Å². The van der Waals surface area contributed by atoms with Gasteiger partial charge in [0.2, 0.25) is 0 Å². The Morgan fingerprint density at radius 3 is 2.79 bits per heavy atom. The molecule has 19 heavy (non-hydrogen) atoms.